The van der Waals surface area contributed by atoms with Gasteiger partial charge in [0.1, 0.15) is 30.4 Å². The summed E-state index contributed by atoms with van der Waals surface area (Å²) in [5, 5.41) is 4.35. The van der Waals surface area contributed by atoms with E-state index in [0.717, 1.165) is 39.6 Å². The summed E-state index contributed by atoms with van der Waals surface area (Å²) in [5.41, 5.74) is 4.34. The second-order valence-corrected chi connectivity index (χ2v) is 8.79. The first-order chi connectivity index (χ1) is 18.0. The SMILES string of the molecule is Cc1oc(-c2ccccc2)nc1COc1ccc(CON=C(CCC(=O)N(C)C)c2ccccc2)cc1. The van der Waals surface area contributed by atoms with Gasteiger partial charge in [0.2, 0.25) is 11.8 Å². The van der Waals surface area contributed by atoms with Gasteiger partial charge in [0.25, 0.3) is 0 Å². The van der Waals surface area contributed by atoms with Gasteiger partial charge >= 0.3 is 0 Å². The second-order valence-electron chi connectivity index (χ2n) is 8.79. The van der Waals surface area contributed by atoms with Crippen LogP contribution in [0.2, 0.25) is 0 Å². The van der Waals surface area contributed by atoms with Crippen LogP contribution < -0.4 is 4.74 Å². The highest BCUT2D eigenvalue weighted by molar-refractivity contribution is 6.01. The van der Waals surface area contributed by atoms with E-state index in [1.165, 1.54) is 0 Å². The molecule has 0 unspecified atom stereocenters. The van der Waals surface area contributed by atoms with Crippen molar-refractivity contribution in [3.8, 4) is 17.2 Å². The molecule has 190 valence electrons. The van der Waals surface area contributed by atoms with Gasteiger partial charge in [-0.3, -0.25) is 4.79 Å². The molecule has 0 saturated heterocycles. The maximum Gasteiger partial charge on any atom is 0.226 e. The number of benzene rings is 3. The molecule has 37 heavy (non-hydrogen) atoms. The Bertz CT molecular complexity index is 1310. The number of ether oxygens (including phenoxy) is 1. The lowest BCUT2D eigenvalue weighted by atomic mass is 10.1. The van der Waals surface area contributed by atoms with Crippen LogP contribution in [0.15, 0.2) is 94.5 Å². The molecule has 1 amide bonds. The summed E-state index contributed by atoms with van der Waals surface area (Å²) in [4.78, 5) is 23.9. The summed E-state index contributed by atoms with van der Waals surface area (Å²) >= 11 is 0. The van der Waals surface area contributed by atoms with Gasteiger partial charge < -0.3 is 18.9 Å². The minimum absolute atomic E-state index is 0.0522. The normalized spacial score (nSPS) is 11.3. The van der Waals surface area contributed by atoms with Crippen LogP contribution in [-0.4, -0.2) is 35.6 Å². The van der Waals surface area contributed by atoms with E-state index < -0.39 is 0 Å². The van der Waals surface area contributed by atoms with Crippen LogP contribution >= 0.6 is 0 Å². The molecule has 0 spiro atoms. The molecule has 0 bridgehead atoms. The van der Waals surface area contributed by atoms with E-state index in [1.807, 2.05) is 91.9 Å². The van der Waals surface area contributed by atoms with Crippen molar-refractivity contribution >= 4 is 11.6 Å². The summed E-state index contributed by atoms with van der Waals surface area (Å²) in [5.74, 6) is 2.10. The predicted octanol–water partition coefficient (Wildman–Crippen LogP) is 6.02. The fraction of sp³-hybridized carbons (Fsp3) is 0.233. The van der Waals surface area contributed by atoms with Crippen LogP contribution in [0.3, 0.4) is 0 Å². The molecule has 0 atom stereocenters. The highest BCUT2D eigenvalue weighted by Gasteiger charge is 2.12. The molecule has 0 aliphatic rings. The first-order valence-corrected chi connectivity index (χ1v) is 12.2. The van der Waals surface area contributed by atoms with Crippen LogP contribution in [0, 0.1) is 6.92 Å². The van der Waals surface area contributed by atoms with Crippen molar-refractivity contribution in [3.05, 3.63) is 108 Å². The number of rotatable bonds is 11. The third-order valence-corrected chi connectivity index (χ3v) is 5.80. The van der Waals surface area contributed by atoms with Gasteiger partial charge in [0, 0.05) is 32.5 Å². The number of carbonyl (C=O) groups excluding carboxylic acids is 1. The molecule has 4 aromatic rings. The average molecular weight is 498 g/mol. The molecule has 0 fully saturated rings. The molecule has 7 nitrogen and oxygen atoms in total. The fourth-order valence-electron chi connectivity index (χ4n) is 3.61. The summed E-state index contributed by atoms with van der Waals surface area (Å²) in [6, 6.07) is 27.2. The first kappa shape index (κ1) is 25.7. The Morgan fingerprint density at radius 2 is 1.57 bits per heavy atom. The monoisotopic (exact) mass is 497 g/mol. The number of carbonyl (C=O) groups is 1. The van der Waals surface area contributed by atoms with Crippen molar-refractivity contribution in [2.75, 3.05) is 14.1 Å². The molecule has 0 radical (unpaired) electrons. The standard InChI is InChI=1S/C30H31N3O4/c1-22-28(31-30(37-22)25-12-8-5-9-13-25)21-35-26-16-14-23(15-17-26)20-36-32-27(18-19-29(34)33(2)3)24-10-6-4-7-11-24/h4-17H,18-21H2,1-3H3. The lowest BCUT2D eigenvalue weighted by Crippen LogP contribution is -2.22. The van der Waals surface area contributed by atoms with Gasteiger partial charge in [0.05, 0.1) is 5.71 Å². The van der Waals surface area contributed by atoms with Gasteiger partial charge in [-0.1, -0.05) is 65.8 Å². The first-order valence-electron chi connectivity index (χ1n) is 12.2. The Morgan fingerprint density at radius 3 is 2.24 bits per heavy atom. The molecule has 0 N–H and O–H groups in total. The van der Waals surface area contributed by atoms with Crippen LogP contribution in [-0.2, 0) is 22.8 Å². The van der Waals surface area contributed by atoms with E-state index in [2.05, 4.69) is 10.1 Å². The van der Waals surface area contributed by atoms with Crippen LogP contribution in [0.4, 0.5) is 0 Å². The molecule has 7 heteroatoms. The average Bonchev–Trinajstić information content (AvgIpc) is 3.31. The second kappa shape index (κ2) is 12.5. The molecule has 1 heterocycles. The Hall–Kier alpha value is -4.39. The number of oxazole rings is 1. The molecule has 0 aliphatic carbocycles. The molecule has 3 aromatic carbocycles. The smallest absolute Gasteiger partial charge is 0.226 e. The van der Waals surface area contributed by atoms with Crippen molar-refractivity contribution < 1.29 is 18.8 Å². The number of aryl methyl sites for hydroxylation is 1. The number of hydrogen-bond acceptors (Lipinski definition) is 6. The van der Waals surface area contributed by atoms with E-state index in [0.29, 0.717) is 31.9 Å². The van der Waals surface area contributed by atoms with E-state index >= 15 is 0 Å². The summed E-state index contributed by atoms with van der Waals surface area (Å²) in [7, 11) is 3.50. The van der Waals surface area contributed by atoms with Gasteiger partial charge in [-0.25, -0.2) is 4.98 Å². The Kier molecular flexibility index (Phi) is 8.70. The predicted molar refractivity (Wildman–Crippen MR) is 143 cm³/mol. The van der Waals surface area contributed by atoms with E-state index in [9.17, 15) is 4.79 Å². The molecular formula is C30H31N3O4. The topological polar surface area (TPSA) is 77.2 Å². The maximum atomic E-state index is 12.0. The lowest BCUT2D eigenvalue weighted by Gasteiger charge is -2.11. The zero-order valence-corrected chi connectivity index (χ0v) is 21.4. The quantitative estimate of drug-likeness (QED) is 0.187. The van der Waals surface area contributed by atoms with Crippen molar-refractivity contribution in [1.82, 2.24) is 9.88 Å². The molecular weight excluding hydrogens is 466 g/mol. The summed E-state index contributed by atoms with van der Waals surface area (Å²) in [6.07, 6.45) is 0.870. The van der Waals surface area contributed by atoms with Gasteiger partial charge in [-0.15, -0.1) is 0 Å². The number of nitrogens with zero attached hydrogens (tertiary/aromatic N) is 3. The fourth-order valence-corrected chi connectivity index (χ4v) is 3.61. The largest absolute Gasteiger partial charge is 0.487 e. The molecule has 0 saturated carbocycles. The lowest BCUT2D eigenvalue weighted by molar-refractivity contribution is -0.128. The third kappa shape index (κ3) is 7.30. The molecule has 1 aromatic heterocycles. The van der Waals surface area contributed by atoms with Crippen LogP contribution in [0.1, 0.15) is 35.4 Å². The van der Waals surface area contributed by atoms with Crippen LogP contribution in [0.25, 0.3) is 11.5 Å². The Morgan fingerprint density at radius 1 is 0.892 bits per heavy atom. The number of oxime groups is 1. The van der Waals surface area contributed by atoms with E-state index in [4.69, 9.17) is 14.0 Å². The van der Waals surface area contributed by atoms with E-state index in [1.54, 1.807) is 19.0 Å². The van der Waals surface area contributed by atoms with Gasteiger partial charge in [-0.2, -0.15) is 0 Å². The minimum atomic E-state index is 0.0522. The van der Waals surface area contributed by atoms with Gasteiger partial charge in [0.15, 0.2) is 0 Å². The van der Waals surface area contributed by atoms with Crippen molar-refractivity contribution in [2.45, 2.75) is 33.0 Å². The summed E-state index contributed by atoms with van der Waals surface area (Å²) < 4.78 is 11.7. The highest BCUT2D eigenvalue weighted by Crippen LogP contribution is 2.23. The number of aromatic nitrogens is 1. The maximum absolute atomic E-state index is 12.0. The zero-order valence-electron chi connectivity index (χ0n) is 21.4. The molecule has 4 rings (SSSR count). The Labute approximate surface area is 217 Å². The number of amides is 1. The minimum Gasteiger partial charge on any atom is -0.487 e. The van der Waals surface area contributed by atoms with Crippen molar-refractivity contribution in [1.29, 1.82) is 0 Å². The van der Waals surface area contributed by atoms with Crippen molar-refractivity contribution in [2.24, 2.45) is 5.16 Å². The van der Waals surface area contributed by atoms with Crippen LogP contribution in [0.5, 0.6) is 5.75 Å². The van der Waals surface area contributed by atoms with Gasteiger partial charge in [-0.05, 0) is 42.3 Å². The summed E-state index contributed by atoms with van der Waals surface area (Å²) in [6.45, 7) is 2.51. The third-order valence-electron chi connectivity index (χ3n) is 5.80. The molecule has 0 aliphatic heterocycles. The highest BCUT2D eigenvalue weighted by atomic mass is 16.6. The van der Waals surface area contributed by atoms with Crippen molar-refractivity contribution in [3.63, 3.8) is 0 Å². The zero-order chi connectivity index (χ0) is 26.0. The number of hydrogen-bond donors (Lipinski definition) is 0. The Balaban J connectivity index is 1.32. The van der Waals surface area contributed by atoms with E-state index in [-0.39, 0.29) is 5.91 Å².